The zero-order valence-electron chi connectivity index (χ0n) is 13.0. The van der Waals surface area contributed by atoms with Gasteiger partial charge in [0.1, 0.15) is 0 Å². The standard InChI is InChI=1S/C17H20N4OS/c1-2-23-17(19)20-14-8-9-15(13(10-14)11-18)21-16(22)12-6-4-3-5-7-12/h3-10H,2,11,18H2,1H3,(H2,19,20)(H,21,22). The normalized spacial score (nSPS) is 11.3. The fraction of sp³-hybridized carbons (Fsp3) is 0.176. The Morgan fingerprint density at radius 1 is 1.22 bits per heavy atom. The number of nitrogens with zero attached hydrogens (tertiary/aromatic N) is 1. The van der Waals surface area contributed by atoms with Crippen molar-refractivity contribution in [3.05, 3.63) is 59.7 Å². The molecule has 0 unspecified atom stereocenters. The van der Waals surface area contributed by atoms with Crippen molar-refractivity contribution in [1.82, 2.24) is 0 Å². The number of hydrogen-bond acceptors (Lipinski definition) is 4. The van der Waals surface area contributed by atoms with Gasteiger partial charge in [0.05, 0.1) is 5.69 Å². The summed E-state index contributed by atoms with van der Waals surface area (Å²) in [6.45, 7) is 2.31. The number of amidine groups is 1. The van der Waals surface area contributed by atoms with Crippen molar-refractivity contribution in [2.24, 2.45) is 16.5 Å². The number of aliphatic imine (C=N–C) groups is 1. The molecule has 120 valence electrons. The maximum absolute atomic E-state index is 12.2. The van der Waals surface area contributed by atoms with Gasteiger partial charge in [-0.2, -0.15) is 0 Å². The number of nitrogens with two attached hydrogens (primary N) is 2. The van der Waals surface area contributed by atoms with E-state index >= 15 is 0 Å². The van der Waals surface area contributed by atoms with E-state index in [0.29, 0.717) is 23.0 Å². The lowest BCUT2D eigenvalue weighted by molar-refractivity contribution is 0.102. The number of hydrogen-bond donors (Lipinski definition) is 3. The highest BCUT2D eigenvalue weighted by molar-refractivity contribution is 8.13. The van der Waals surface area contributed by atoms with E-state index in [1.807, 2.05) is 37.3 Å². The molecule has 0 bridgehead atoms. The highest BCUT2D eigenvalue weighted by atomic mass is 32.2. The fourth-order valence-corrected chi connectivity index (χ4v) is 2.50. The largest absolute Gasteiger partial charge is 0.378 e. The summed E-state index contributed by atoms with van der Waals surface area (Å²) in [5, 5.41) is 3.39. The Hall–Kier alpha value is -2.31. The lowest BCUT2D eigenvalue weighted by Crippen LogP contribution is -2.14. The van der Waals surface area contributed by atoms with E-state index in [1.54, 1.807) is 18.2 Å². The van der Waals surface area contributed by atoms with Crippen molar-refractivity contribution < 1.29 is 4.79 Å². The molecule has 0 fully saturated rings. The number of thioether (sulfide) groups is 1. The molecule has 2 aromatic carbocycles. The average Bonchev–Trinajstić information content (AvgIpc) is 2.57. The molecule has 1 amide bonds. The number of anilines is 1. The van der Waals surface area contributed by atoms with Crippen LogP contribution >= 0.6 is 11.8 Å². The summed E-state index contributed by atoms with van der Waals surface area (Å²) >= 11 is 1.48. The van der Waals surface area contributed by atoms with Crippen molar-refractivity contribution >= 4 is 34.2 Å². The van der Waals surface area contributed by atoms with E-state index in [9.17, 15) is 4.79 Å². The molecule has 6 heteroatoms. The molecule has 5 nitrogen and oxygen atoms in total. The minimum absolute atomic E-state index is 0.169. The summed E-state index contributed by atoms with van der Waals surface area (Å²) in [4.78, 5) is 16.6. The van der Waals surface area contributed by atoms with Crippen molar-refractivity contribution in [3.63, 3.8) is 0 Å². The molecule has 0 aromatic heterocycles. The van der Waals surface area contributed by atoms with Crippen molar-refractivity contribution in [2.45, 2.75) is 13.5 Å². The van der Waals surface area contributed by atoms with Gasteiger partial charge in [-0.05, 0) is 41.6 Å². The molecular formula is C17H20N4OS. The molecule has 0 aliphatic carbocycles. The minimum atomic E-state index is -0.169. The Labute approximate surface area is 140 Å². The van der Waals surface area contributed by atoms with Crippen LogP contribution < -0.4 is 16.8 Å². The Kier molecular flexibility index (Phi) is 6.19. The second-order valence-electron chi connectivity index (χ2n) is 4.75. The van der Waals surface area contributed by atoms with Crippen LogP contribution in [-0.2, 0) is 6.54 Å². The van der Waals surface area contributed by atoms with Gasteiger partial charge in [-0.15, -0.1) is 0 Å². The van der Waals surface area contributed by atoms with Crippen LogP contribution in [0.4, 0.5) is 11.4 Å². The van der Waals surface area contributed by atoms with Crippen molar-refractivity contribution in [3.8, 4) is 0 Å². The van der Waals surface area contributed by atoms with Crippen LogP contribution in [0.15, 0.2) is 53.5 Å². The smallest absolute Gasteiger partial charge is 0.255 e. The number of carbonyl (C=O) groups is 1. The summed E-state index contributed by atoms with van der Waals surface area (Å²) in [7, 11) is 0. The number of rotatable bonds is 5. The van der Waals surface area contributed by atoms with Gasteiger partial charge in [-0.25, -0.2) is 4.99 Å². The maximum atomic E-state index is 12.2. The molecule has 0 spiro atoms. The Morgan fingerprint density at radius 2 is 1.96 bits per heavy atom. The van der Waals surface area contributed by atoms with Crippen molar-refractivity contribution in [2.75, 3.05) is 11.1 Å². The first-order valence-corrected chi connectivity index (χ1v) is 8.29. The molecule has 0 atom stereocenters. The van der Waals surface area contributed by atoms with Crippen LogP contribution in [0.1, 0.15) is 22.8 Å². The number of amides is 1. The first-order chi connectivity index (χ1) is 11.1. The number of benzene rings is 2. The summed E-state index contributed by atoms with van der Waals surface area (Å²) < 4.78 is 0. The molecule has 0 radical (unpaired) electrons. The van der Waals surface area contributed by atoms with Gasteiger partial charge in [0.25, 0.3) is 5.91 Å². The second-order valence-corrected chi connectivity index (χ2v) is 6.03. The van der Waals surface area contributed by atoms with Crippen LogP contribution in [0.3, 0.4) is 0 Å². The first-order valence-electron chi connectivity index (χ1n) is 7.30. The van der Waals surface area contributed by atoms with E-state index in [2.05, 4.69) is 10.3 Å². The van der Waals surface area contributed by atoms with E-state index in [-0.39, 0.29) is 5.91 Å². The summed E-state index contributed by atoms with van der Waals surface area (Å²) in [5.41, 5.74) is 14.4. The predicted molar refractivity (Wildman–Crippen MR) is 98.1 cm³/mol. The van der Waals surface area contributed by atoms with Crippen LogP contribution in [0.2, 0.25) is 0 Å². The Bertz CT molecular complexity index is 701. The monoisotopic (exact) mass is 328 g/mol. The van der Waals surface area contributed by atoms with E-state index in [1.165, 1.54) is 11.8 Å². The first kappa shape index (κ1) is 17.1. The van der Waals surface area contributed by atoms with Gasteiger partial charge in [0.2, 0.25) is 0 Å². The highest BCUT2D eigenvalue weighted by Crippen LogP contribution is 2.23. The number of nitrogens with one attached hydrogen (secondary N) is 1. The van der Waals surface area contributed by atoms with E-state index in [4.69, 9.17) is 11.5 Å². The SMILES string of the molecule is CCSC(N)=Nc1ccc(NC(=O)c2ccccc2)c(CN)c1. The summed E-state index contributed by atoms with van der Waals surface area (Å²) in [6.07, 6.45) is 0. The molecule has 5 N–H and O–H groups in total. The molecule has 0 aliphatic heterocycles. The van der Waals surface area contributed by atoms with E-state index < -0.39 is 0 Å². The van der Waals surface area contributed by atoms with Gasteiger partial charge in [-0.3, -0.25) is 4.79 Å². The van der Waals surface area contributed by atoms with Crippen LogP contribution in [0, 0.1) is 0 Å². The third-order valence-corrected chi connectivity index (χ3v) is 3.80. The van der Waals surface area contributed by atoms with E-state index in [0.717, 1.165) is 17.0 Å². The third kappa shape index (κ3) is 4.84. The second kappa shape index (κ2) is 8.36. The van der Waals surface area contributed by atoms with Crippen LogP contribution in [0.5, 0.6) is 0 Å². The van der Waals surface area contributed by atoms with Crippen LogP contribution in [-0.4, -0.2) is 16.8 Å². The van der Waals surface area contributed by atoms with Gasteiger partial charge < -0.3 is 16.8 Å². The molecule has 23 heavy (non-hydrogen) atoms. The summed E-state index contributed by atoms with van der Waals surface area (Å²) in [6, 6.07) is 14.5. The fourth-order valence-electron chi connectivity index (χ4n) is 2.03. The quantitative estimate of drug-likeness (QED) is 0.581. The molecule has 2 aromatic rings. The molecule has 0 heterocycles. The maximum Gasteiger partial charge on any atom is 0.255 e. The Morgan fingerprint density at radius 3 is 2.61 bits per heavy atom. The molecular weight excluding hydrogens is 308 g/mol. The number of carbonyl (C=O) groups excluding carboxylic acids is 1. The van der Waals surface area contributed by atoms with Gasteiger partial charge in [-0.1, -0.05) is 36.9 Å². The topological polar surface area (TPSA) is 93.5 Å². The molecule has 0 aliphatic rings. The zero-order chi connectivity index (χ0) is 16.7. The molecule has 2 rings (SSSR count). The zero-order valence-corrected chi connectivity index (χ0v) is 13.8. The molecule has 0 saturated heterocycles. The minimum Gasteiger partial charge on any atom is -0.378 e. The average molecular weight is 328 g/mol. The third-order valence-electron chi connectivity index (χ3n) is 3.12. The lowest BCUT2D eigenvalue weighted by atomic mass is 10.1. The molecule has 0 saturated carbocycles. The predicted octanol–water partition coefficient (Wildman–Crippen LogP) is 3.10. The highest BCUT2D eigenvalue weighted by Gasteiger charge is 2.09. The Balaban J connectivity index is 2.20. The summed E-state index contributed by atoms with van der Waals surface area (Å²) in [5.74, 6) is 0.696. The van der Waals surface area contributed by atoms with Crippen molar-refractivity contribution in [1.29, 1.82) is 0 Å². The van der Waals surface area contributed by atoms with Gasteiger partial charge in [0, 0.05) is 17.8 Å². The van der Waals surface area contributed by atoms with Gasteiger partial charge >= 0.3 is 0 Å². The van der Waals surface area contributed by atoms with Gasteiger partial charge in [0.15, 0.2) is 5.17 Å². The van der Waals surface area contributed by atoms with Crippen LogP contribution in [0.25, 0.3) is 0 Å². The lowest BCUT2D eigenvalue weighted by Gasteiger charge is -2.11.